The average molecular weight is 292 g/mol. The van der Waals surface area contributed by atoms with Crippen molar-refractivity contribution in [2.75, 3.05) is 0 Å². The van der Waals surface area contributed by atoms with Crippen LogP contribution >= 0.6 is 31.9 Å². The van der Waals surface area contributed by atoms with Gasteiger partial charge in [-0.25, -0.2) is 0 Å². The van der Waals surface area contributed by atoms with Gasteiger partial charge < -0.3 is 4.79 Å². The van der Waals surface area contributed by atoms with Crippen LogP contribution in [0.3, 0.4) is 0 Å². The van der Waals surface area contributed by atoms with Gasteiger partial charge in [-0.05, 0) is 30.2 Å². The summed E-state index contributed by atoms with van der Waals surface area (Å²) in [7, 11) is 0. The SMILES string of the molecule is O=CCCc1cc(Br)ccc1Br. The molecule has 0 saturated heterocycles. The molecule has 0 atom stereocenters. The monoisotopic (exact) mass is 290 g/mol. The fourth-order valence-corrected chi connectivity index (χ4v) is 1.80. The molecule has 0 aliphatic carbocycles. The lowest BCUT2D eigenvalue weighted by atomic mass is 10.1. The van der Waals surface area contributed by atoms with Crippen LogP contribution in [0.2, 0.25) is 0 Å². The smallest absolute Gasteiger partial charge is 0.120 e. The molecular formula is C9H8Br2O. The van der Waals surface area contributed by atoms with Gasteiger partial charge in [0.15, 0.2) is 0 Å². The Kier molecular flexibility index (Phi) is 3.95. The number of benzene rings is 1. The molecule has 1 aromatic carbocycles. The van der Waals surface area contributed by atoms with E-state index in [-0.39, 0.29) is 0 Å². The Morgan fingerprint density at radius 3 is 2.75 bits per heavy atom. The fourth-order valence-electron chi connectivity index (χ4n) is 0.949. The topological polar surface area (TPSA) is 17.1 Å². The van der Waals surface area contributed by atoms with Gasteiger partial charge in [0.2, 0.25) is 0 Å². The fraction of sp³-hybridized carbons (Fsp3) is 0.222. The highest BCUT2D eigenvalue weighted by Gasteiger charge is 1.99. The summed E-state index contributed by atoms with van der Waals surface area (Å²) in [6.45, 7) is 0. The van der Waals surface area contributed by atoms with Crippen LogP contribution < -0.4 is 0 Å². The second-order valence-electron chi connectivity index (χ2n) is 2.44. The first-order chi connectivity index (χ1) is 5.74. The maximum atomic E-state index is 10.1. The molecule has 0 spiro atoms. The normalized spacial score (nSPS) is 9.83. The van der Waals surface area contributed by atoms with Crippen LogP contribution in [0, 0.1) is 0 Å². The van der Waals surface area contributed by atoms with Gasteiger partial charge in [-0.15, -0.1) is 0 Å². The highest BCUT2D eigenvalue weighted by Crippen LogP contribution is 2.22. The van der Waals surface area contributed by atoms with E-state index in [0.29, 0.717) is 6.42 Å². The van der Waals surface area contributed by atoms with Gasteiger partial charge in [0.25, 0.3) is 0 Å². The highest BCUT2D eigenvalue weighted by molar-refractivity contribution is 9.11. The number of rotatable bonds is 3. The van der Waals surface area contributed by atoms with Crippen molar-refractivity contribution in [2.45, 2.75) is 12.8 Å². The quantitative estimate of drug-likeness (QED) is 0.781. The van der Waals surface area contributed by atoms with Crippen molar-refractivity contribution in [3.63, 3.8) is 0 Å². The standard InChI is InChI=1S/C9H8Br2O/c10-8-3-4-9(11)7(6-8)2-1-5-12/h3-6H,1-2H2. The van der Waals surface area contributed by atoms with Crippen molar-refractivity contribution in [1.82, 2.24) is 0 Å². The summed E-state index contributed by atoms with van der Waals surface area (Å²) >= 11 is 6.80. The second-order valence-corrected chi connectivity index (χ2v) is 4.21. The molecule has 0 unspecified atom stereocenters. The van der Waals surface area contributed by atoms with E-state index in [9.17, 15) is 4.79 Å². The molecule has 0 heterocycles. The molecule has 0 aliphatic heterocycles. The van der Waals surface area contributed by atoms with E-state index in [1.54, 1.807) is 0 Å². The molecule has 0 amide bonds. The molecule has 0 radical (unpaired) electrons. The minimum atomic E-state index is 0.578. The molecule has 64 valence electrons. The predicted octanol–water partition coefficient (Wildman–Crippen LogP) is 3.34. The summed E-state index contributed by atoms with van der Waals surface area (Å²) in [6.07, 6.45) is 2.31. The molecule has 1 rings (SSSR count). The van der Waals surface area contributed by atoms with Gasteiger partial charge >= 0.3 is 0 Å². The number of aryl methyl sites for hydroxylation is 1. The third-order valence-electron chi connectivity index (χ3n) is 1.54. The molecule has 0 aliphatic rings. The van der Waals surface area contributed by atoms with Crippen molar-refractivity contribution in [3.05, 3.63) is 32.7 Å². The lowest BCUT2D eigenvalue weighted by Crippen LogP contribution is -1.87. The molecule has 3 heteroatoms. The summed E-state index contributed by atoms with van der Waals surface area (Å²) in [6, 6.07) is 5.96. The molecule has 0 saturated carbocycles. The number of halogens is 2. The Labute approximate surface area is 88.4 Å². The summed E-state index contributed by atoms with van der Waals surface area (Å²) in [4.78, 5) is 10.1. The van der Waals surface area contributed by atoms with Crippen molar-refractivity contribution in [1.29, 1.82) is 0 Å². The van der Waals surface area contributed by atoms with Crippen LogP contribution in [0.25, 0.3) is 0 Å². The third kappa shape index (κ3) is 2.72. The van der Waals surface area contributed by atoms with E-state index < -0.39 is 0 Å². The predicted molar refractivity (Wildman–Crippen MR) is 56.2 cm³/mol. The summed E-state index contributed by atoms with van der Waals surface area (Å²) < 4.78 is 2.11. The summed E-state index contributed by atoms with van der Waals surface area (Å²) in [5, 5.41) is 0. The first-order valence-corrected chi connectivity index (χ1v) is 5.20. The summed E-state index contributed by atoms with van der Waals surface area (Å²) in [5.74, 6) is 0. The molecule has 1 nitrogen and oxygen atoms in total. The van der Waals surface area contributed by atoms with E-state index >= 15 is 0 Å². The molecule has 0 aromatic heterocycles. The van der Waals surface area contributed by atoms with Crippen molar-refractivity contribution < 1.29 is 4.79 Å². The van der Waals surface area contributed by atoms with E-state index in [1.807, 2.05) is 18.2 Å². The zero-order valence-corrected chi connectivity index (χ0v) is 9.56. The van der Waals surface area contributed by atoms with Crippen LogP contribution in [-0.2, 0) is 11.2 Å². The van der Waals surface area contributed by atoms with Crippen LogP contribution in [0.5, 0.6) is 0 Å². The van der Waals surface area contributed by atoms with E-state index in [0.717, 1.165) is 27.2 Å². The number of carbonyl (C=O) groups is 1. The van der Waals surface area contributed by atoms with Gasteiger partial charge in [0.05, 0.1) is 0 Å². The van der Waals surface area contributed by atoms with Gasteiger partial charge in [-0.3, -0.25) is 0 Å². The lowest BCUT2D eigenvalue weighted by Gasteiger charge is -2.01. The van der Waals surface area contributed by atoms with Crippen LogP contribution in [0.1, 0.15) is 12.0 Å². The maximum absolute atomic E-state index is 10.1. The van der Waals surface area contributed by atoms with Gasteiger partial charge in [0, 0.05) is 15.4 Å². The first-order valence-electron chi connectivity index (χ1n) is 3.61. The van der Waals surface area contributed by atoms with Gasteiger partial charge in [-0.1, -0.05) is 31.9 Å². The maximum Gasteiger partial charge on any atom is 0.120 e. The molecule has 0 bridgehead atoms. The Hall–Kier alpha value is -0.150. The minimum absolute atomic E-state index is 0.578. The van der Waals surface area contributed by atoms with Crippen LogP contribution in [-0.4, -0.2) is 6.29 Å². The van der Waals surface area contributed by atoms with Crippen molar-refractivity contribution in [2.24, 2.45) is 0 Å². The Morgan fingerprint density at radius 2 is 2.08 bits per heavy atom. The van der Waals surface area contributed by atoms with E-state index in [4.69, 9.17) is 0 Å². The number of hydrogen-bond acceptors (Lipinski definition) is 1. The highest BCUT2D eigenvalue weighted by atomic mass is 79.9. The van der Waals surface area contributed by atoms with Gasteiger partial charge in [-0.2, -0.15) is 0 Å². The zero-order chi connectivity index (χ0) is 8.97. The lowest BCUT2D eigenvalue weighted by molar-refractivity contribution is -0.107. The summed E-state index contributed by atoms with van der Waals surface area (Å²) in [5.41, 5.74) is 1.16. The first kappa shape index (κ1) is 9.93. The molecule has 12 heavy (non-hydrogen) atoms. The van der Waals surface area contributed by atoms with Crippen LogP contribution in [0.15, 0.2) is 27.1 Å². The van der Waals surface area contributed by atoms with E-state index in [2.05, 4.69) is 31.9 Å². The average Bonchev–Trinajstić information content (AvgIpc) is 2.07. The Bertz CT molecular complexity index is 284. The van der Waals surface area contributed by atoms with Gasteiger partial charge in [0.1, 0.15) is 6.29 Å². The van der Waals surface area contributed by atoms with Crippen molar-refractivity contribution in [3.8, 4) is 0 Å². The molecule has 0 N–H and O–H groups in total. The zero-order valence-electron chi connectivity index (χ0n) is 6.39. The Balaban J connectivity index is 2.82. The number of carbonyl (C=O) groups excluding carboxylic acids is 1. The Morgan fingerprint density at radius 1 is 1.33 bits per heavy atom. The third-order valence-corrected chi connectivity index (χ3v) is 2.81. The largest absolute Gasteiger partial charge is 0.303 e. The second kappa shape index (κ2) is 4.77. The number of aldehydes is 1. The molecule has 0 fully saturated rings. The van der Waals surface area contributed by atoms with E-state index in [1.165, 1.54) is 0 Å². The van der Waals surface area contributed by atoms with Crippen LogP contribution in [0.4, 0.5) is 0 Å². The molecule has 1 aromatic rings. The minimum Gasteiger partial charge on any atom is -0.303 e. The number of hydrogen-bond donors (Lipinski definition) is 0. The van der Waals surface area contributed by atoms with Crippen molar-refractivity contribution >= 4 is 38.1 Å². The molecular weight excluding hydrogens is 284 g/mol.